The predicted molar refractivity (Wildman–Crippen MR) is 103 cm³/mol. The fraction of sp³-hybridized carbons (Fsp3) is 0.450. The SMILES string of the molecule is Cc1nn(C)c(C)c1NC(=O)[C@@H](C)OC(=O)c1ccc(OCC(C)C)cc1. The maximum absolute atomic E-state index is 12.4. The normalized spacial score (nSPS) is 12.0. The van der Waals surface area contributed by atoms with Gasteiger partial charge in [0.2, 0.25) is 0 Å². The van der Waals surface area contributed by atoms with Crippen LogP contribution in [0.3, 0.4) is 0 Å². The van der Waals surface area contributed by atoms with E-state index in [1.807, 2.05) is 13.8 Å². The summed E-state index contributed by atoms with van der Waals surface area (Å²) in [7, 11) is 1.80. The lowest BCUT2D eigenvalue weighted by atomic mass is 10.2. The van der Waals surface area contributed by atoms with Gasteiger partial charge in [0, 0.05) is 7.05 Å². The molecule has 1 amide bonds. The highest BCUT2D eigenvalue weighted by molar-refractivity contribution is 5.98. The molecule has 146 valence electrons. The van der Waals surface area contributed by atoms with E-state index in [0.29, 0.717) is 35.2 Å². The zero-order valence-electron chi connectivity index (χ0n) is 16.7. The van der Waals surface area contributed by atoms with Crippen molar-refractivity contribution in [3.8, 4) is 5.75 Å². The zero-order chi connectivity index (χ0) is 20.1. The Morgan fingerprint density at radius 1 is 1.15 bits per heavy atom. The van der Waals surface area contributed by atoms with E-state index in [4.69, 9.17) is 9.47 Å². The summed E-state index contributed by atoms with van der Waals surface area (Å²) in [6, 6.07) is 6.67. The molecule has 0 aliphatic carbocycles. The van der Waals surface area contributed by atoms with Crippen molar-refractivity contribution < 1.29 is 19.1 Å². The van der Waals surface area contributed by atoms with Gasteiger partial charge in [0.1, 0.15) is 5.75 Å². The molecule has 1 N–H and O–H groups in total. The Balaban J connectivity index is 1.95. The molecule has 0 aliphatic heterocycles. The molecule has 0 radical (unpaired) electrons. The maximum Gasteiger partial charge on any atom is 0.338 e. The Morgan fingerprint density at radius 2 is 1.78 bits per heavy atom. The number of aryl methyl sites for hydroxylation is 2. The van der Waals surface area contributed by atoms with Gasteiger partial charge in [-0.15, -0.1) is 0 Å². The number of anilines is 1. The molecular formula is C20H27N3O4. The molecule has 0 bridgehead atoms. The van der Waals surface area contributed by atoms with E-state index in [1.54, 1.807) is 36.0 Å². The summed E-state index contributed by atoms with van der Waals surface area (Å²) in [6.45, 7) is 9.93. The second-order valence-electron chi connectivity index (χ2n) is 6.94. The summed E-state index contributed by atoms with van der Waals surface area (Å²) in [5.74, 6) is 0.141. The summed E-state index contributed by atoms with van der Waals surface area (Å²) in [5.41, 5.74) is 2.53. The molecule has 0 aliphatic rings. The number of ether oxygens (including phenoxy) is 2. The molecule has 0 fully saturated rings. The standard InChI is InChI=1S/C20H27N3O4/c1-12(2)11-26-17-9-7-16(8-10-17)20(25)27-15(5)19(24)21-18-13(3)22-23(6)14(18)4/h7-10,12,15H,11H2,1-6H3,(H,21,24)/t15-/m1/s1. The van der Waals surface area contributed by atoms with Crippen LogP contribution in [0.5, 0.6) is 5.75 Å². The van der Waals surface area contributed by atoms with E-state index < -0.39 is 18.0 Å². The van der Waals surface area contributed by atoms with Crippen LogP contribution in [0.4, 0.5) is 5.69 Å². The van der Waals surface area contributed by atoms with Crippen molar-refractivity contribution in [1.82, 2.24) is 9.78 Å². The van der Waals surface area contributed by atoms with Crippen LogP contribution in [-0.4, -0.2) is 34.4 Å². The highest BCUT2D eigenvalue weighted by Crippen LogP contribution is 2.19. The zero-order valence-corrected chi connectivity index (χ0v) is 16.7. The highest BCUT2D eigenvalue weighted by Gasteiger charge is 2.21. The average Bonchev–Trinajstić information content (AvgIpc) is 2.86. The molecule has 27 heavy (non-hydrogen) atoms. The van der Waals surface area contributed by atoms with Crippen molar-refractivity contribution in [2.24, 2.45) is 13.0 Å². The van der Waals surface area contributed by atoms with Crippen LogP contribution in [0.15, 0.2) is 24.3 Å². The third-order valence-electron chi connectivity index (χ3n) is 4.08. The second-order valence-corrected chi connectivity index (χ2v) is 6.94. The molecule has 2 aromatic rings. The van der Waals surface area contributed by atoms with E-state index in [9.17, 15) is 9.59 Å². The Bertz CT molecular complexity index is 809. The van der Waals surface area contributed by atoms with Crippen LogP contribution in [0.2, 0.25) is 0 Å². The number of aromatic nitrogens is 2. The molecule has 1 aromatic heterocycles. The molecule has 0 spiro atoms. The third kappa shape index (κ3) is 5.32. The van der Waals surface area contributed by atoms with Crippen LogP contribution in [0.25, 0.3) is 0 Å². The lowest BCUT2D eigenvalue weighted by Gasteiger charge is -2.14. The van der Waals surface area contributed by atoms with E-state index in [1.165, 1.54) is 6.92 Å². The lowest BCUT2D eigenvalue weighted by Crippen LogP contribution is -2.30. The molecule has 0 unspecified atom stereocenters. The first kappa shape index (κ1) is 20.5. The summed E-state index contributed by atoms with van der Waals surface area (Å²) in [5, 5.41) is 7.02. The molecule has 2 rings (SSSR count). The first-order valence-electron chi connectivity index (χ1n) is 8.94. The minimum absolute atomic E-state index is 0.361. The Morgan fingerprint density at radius 3 is 2.30 bits per heavy atom. The topological polar surface area (TPSA) is 82.5 Å². The van der Waals surface area contributed by atoms with Gasteiger partial charge in [-0.05, 0) is 51.0 Å². The van der Waals surface area contributed by atoms with Crippen molar-refractivity contribution in [2.75, 3.05) is 11.9 Å². The molecule has 0 saturated carbocycles. The molecule has 0 saturated heterocycles. The number of rotatable bonds is 7. The average molecular weight is 373 g/mol. The summed E-state index contributed by atoms with van der Waals surface area (Å²) >= 11 is 0. The van der Waals surface area contributed by atoms with Gasteiger partial charge in [0.25, 0.3) is 5.91 Å². The number of carbonyl (C=O) groups excluding carboxylic acids is 2. The molecular weight excluding hydrogens is 346 g/mol. The summed E-state index contributed by atoms with van der Waals surface area (Å²) < 4.78 is 12.5. The van der Waals surface area contributed by atoms with E-state index in [0.717, 1.165) is 5.69 Å². The molecule has 1 atom stereocenters. The van der Waals surface area contributed by atoms with Gasteiger partial charge in [-0.1, -0.05) is 13.8 Å². The van der Waals surface area contributed by atoms with Gasteiger partial charge in [-0.2, -0.15) is 5.10 Å². The van der Waals surface area contributed by atoms with Gasteiger partial charge in [-0.3, -0.25) is 9.48 Å². The lowest BCUT2D eigenvalue weighted by molar-refractivity contribution is -0.123. The number of benzene rings is 1. The van der Waals surface area contributed by atoms with E-state index in [2.05, 4.69) is 24.3 Å². The quantitative estimate of drug-likeness (QED) is 0.753. The number of nitrogens with one attached hydrogen (secondary N) is 1. The van der Waals surface area contributed by atoms with Crippen LogP contribution < -0.4 is 10.1 Å². The van der Waals surface area contributed by atoms with Crippen LogP contribution in [0, 0.1) is 19.8 Å². The Hall–Kier alpha value is -2.83. The van der Waals surface area contributed by atoms with Gasteiger partial charge in [0.05, 0.1) is 29.2 Å². The van der Waals surface area contributed by atoms with Crippen molar-refractivity contribution in [1.29, 1.82) is 0 Å². The van der Waals surface area contributed by atoms with Gasteiger partial charge in [-0.25, -0.2) is 4.79 Å². The summed E-state index contributed by atoms with van der Waals surface area (Å²) in [6.07, 6.45) is -0.937. The highest BCUT2D eigenvalue weighted by atomic mass is 16.5. The van der Waals surface area contributed by atoms with E-state index >= 15 is 0 Å². The molecule has 1 aromatic carbocycles. The number of hydrogen-bond donors (Lipinski definition) is 1. The second kappa shape index (κ2) is 8.70. The third-order valence-corrected chi connectivity index (χ3v) is 4.08. The molecule has 7 heteroatoms. The molecule has 1 heterocycles. The Kier molecular flexibility index (Phi) is 6.60. The largest absolute Gasteiger partial charge is 0.493 e. The van der Waals surface area contributed by atoms with Crippen LogP contribution in [-0.2, 0) is 16.6 Å². The Labute approximate surface area is 159 Å². The predicted octanol–water partition coefficient (Wildman–Crippen LogP) is 3.26. The minimum atomic E-state index is -0.937. The monoisotopic (exact) mass is 373 g/mol. The fourth-order valence-corrected chi connectivity index (χ4v) is 2.41. The maximum atomic E-state index is 12.4. The van der Waals surface area contributed by atoms with Crippen molar-refractivity contribution in [2.45, 2.75) is 40.7 Å². The van der Waals surface area contributed by atoms with Crippen molar-refractivity contribution in [3.63, 3.8) is 0 Å². The van der Waals surface area contributed by atoms with Crippen molar-refractivity contribution in [3.05, 3.63) is 41.2 Å². The van der Waals surface area contributed by atoms with Crippen molar-refractivity contribution >= 4 is 17.6 Å². The first-order valence-corrected chi connectivity index (χ1v) is 8.94. The molecule has 7 nitrogen and oxygen atoms in total. The number of nitrogens with zero attached hydrogens (tertiary/aromatic N) is 2. The minimum Gasteiger partial charge on any atom is -0.493 e. The number of amides is 1. The fourth-order valence-electron chi connectivity index (χ4n) is 2.41. The van der Waals surface area contributed by atoms with E-state index in [-0.39, 0.29) is 0 Å². The number of carbonyl (C=O) groups is 2. The van der Waals surface area contributed by atoms with Gasteiger partial charge in [0.15, 0.2) is 6.10 Å². The van der Waals surface area contributed by atoms with Gasteiger partial charge >= 0.3 is 5.97 Å². The van der Waals surface area contributed by atoms with Gasteiger partial charge < -0.3 is 14.8 Å². The number of esters is 1. The van der Waals surface area contributed by atoms with Crippen LogP contribution >= 0.6 is 0 Å². The number of hydrogen-bond acceptors (Lipinski definition) is 5. The smallest absolute Gasteiger partial charge is 0.338 e. The summed E-state index contributed by atoms with van der Waals surface area (Å²) in [4.78, 5) is 24.6. The van der Waals surface area contributed by atoms with Crippen LogP contribution in [0.1, 0.15) is 42.5 Å². The first-order chi connectivity index (χ1) is 12.7.